The average Bonchev–Trinajstić information content (AvgIpc) is 2.05. The van der Waals surface area contributed by atoms with E-state index < -0.39 is 5.60 Å². The van der Waals surface area contributed by atoms with Gasteiger partial charge in [0.25, 0.3) is 0 Å². The molecular weight excluding hydrogens is 172 g/mol. The van der Waals surface area contributed by atoms with E-state index in [0.717, 1.165) is 0 Å². The molecule has 0 aromatic heterocycles. The van der Waals surface area contributed by atoms with Crippen molar-refractivity contribution in [3.05, 3.63) is 34.9 Å². The van der Waals surface area contributed by atoms with Crippen molar-refractivity contribution in [1.82, 2.24) is 0 Å². The van der Waals surface area contributed by atoms with Crippen LogP contribution in [0.5, 0.6) is 0 Å². The van der Waals surface area contributed by atoms with Crippen molar-refractivity contribution in [2.45, 2.75) is 12.5 Å². The zero-order valence-electron chi connectivity index (χ0n) is 6.71. The largest absolute Gasteiger partial charge is 0.374 e. The number of terminal acetylenes is 1. The highest BCUT2D eigenvalue weighted by Crippen LogP contribution is 2.20. The van der Waals surface area contributed by atoms with E-state index in [1.165, 1.54) is 0 Å². The second-order valence-corrected chi connectivity index (χ2v) is 3.16. The Hall–Kier alpha value is -0.970. The van der Waals surface area contributed by atoms with Gasteiger partial charge in [0.2, 0.25) is 0 Å². The van der Waals surface area contributed by atoms with Gasteiger partial charge in [0, 0.05) is 5.02 Å². The van der Waals surface area contributed by atoms with Gasteiger partial charge in [-0.2, -0.15) is 0 Å². The summed E-state index contributed by atoms with van der Waals surface area (Å²) in [6, 6.07) is 6.82. The summed E-state index contributed by atoms with van der Waals surface area (Å²) in [7, 11) is 0. The van der Waals surface area contributed by atoms with Crippen LogP contribution in [0.4, 0.5) is 0 Å². The predicted octanol–water partition coefficient (Wildman–Crippen LogP) is 2.18. The first-order valence-corrected chi connectivity index (χ1v) is 3.90. The van der Waals surface area contributed by atoms with Crippen LogP contribution < -0.4 is 0 Å². The lowest BCUT2D eigenvalue weighted by molar-refractivity contribution is 0.122. The van der Waals surface area contributed by atoms with Gasteiger partial charge in [-0.15, -0.1) is 6.42 Å². The second kappa shape index (κ2) is 3.18. The van der Waals surface area contributed by atoms with E-state index in [1.807, 2.05) is 0 Å². The third-order valence-corrected chi connectivity index (χ3v) is 1.94. The van der Waals surface area contributed by atoms with Crippen LogP contribution in [0.15, 0.2) is 24.3 Å². The fraction of sp³-hybridized carbons (Fsp3) is 0.200. The van der Waals surface area contributed by atoms with Crippen LogP contribution in [0.3, 0.4) is 0 Å². The normalized spacial score (nSPS) is 14.8. The summed E-state index contributed by atoms with van der Waals surface area (Å²) in [4.78, 5) is 0. The third kappa shape index (κ3) is 1.79. The van der Waals surface area contributed by atoms with Crippen LogP contribution in [-0.2, 0) is 5.60 Å². The van der Waals surface area contributed by atoms with Gasteiger partial charge in [-0.3, -0.25) is 0 Å². The molecule has 0 heterocycles. The molecule has 0 fully saturated rings. The molecule has 0 bridgehead atoms. The first-order chi connectivity index (χ1) is 5.56. The van der Waals surface area contributed by atoms with E-state index in [4.69, 9.17) is 18.0 Å². The number of rotatable bonds is 1. The lowest BCUT2D eigenvalue weighted by Crippen LogP contribution is -2.17. The Labute approximate surface area is 77.0 Å². The van der Waals surface area contributed by atoms with Gasteiger partial charge in [0.05, 0.1) is 0 Å². The minimum Gasteiger partial charge on any atom is -0.374 e. The van der Waals surface area contributed by atoms with Crippen molar-refractivity contribution in [3.63, 3.8) is 0 Å². The Kier molecular flexibility index (Phi) is 2.42. The van der Waals surface area contributed by atoms with E-state index in [1.54, 1.807) is 31.2 Å². The highest BCUT2D eigenvalue weighted by molar-refractivity contribution is 6.30. The van der Waals surface area contributed by atoms with E-state index in [2.05, 4.69) is 5.92 Å². The molecule has 1 N–H and O–H groups in total. The Morgan fingerprint density at radius 3 is 2.33 bits per heavy atom. The van der Waals surface area contributed by atoms with Crippen LogP contribution in [0, 0.1) is 12.3 Å². The standard InChI is InChI=1S/C10H9ClO/c1-3-10(2,12)8-4-6-9(11)7-5-8/h1,4-7,12H,2H3/t10-/m1/s1. The molecular formula is C10H9ClO. The molecule has 0 unspecified atom stereocenters. The SMILES string of the molecule is C#C[C@@](C)(O)c1ccc(Cl)cc1. The minimum atomic E-state index is -1.20. The van der Waals surface area contributed by atoms with Gasteiger partial charge >= 0.3 is 0 Å². The Morgan fingerprint density at radius 2 is 1.92 bits per heavy atom. The monoisotopic (exact) mass is 180 g/mol. The van der Waals surface area contributed by atoms with Crippen molar-refractivity contribution in [3.8, 4) is 12.3 Å². The first-order valence-electron chi connectivity index (χ1n) is 3.52. The molecule has 1 aromatic carbocycles. The van der Waals surface area contributed by atoms with E-state index in [9.17, 15) is 5.11 Å². The van der Waals surface area contributed by atoms with Crippen LogP contribution in [-0.4, -0.2) is 5.11 Å². The molecule has 0 radical (unpaired) electrons. The molecule has 12 heavy (non-hydrogen) atoms. The van der Waals surface area contributed by atoms with Gasteiger partial charge in [-0.1, -0.05) is 29.7 Å². The lowest BCUT2D eigenvalue weighted by Gasteiger charge is -2.16. The van der Waals surface area contributed by atoms with Crippen LogP contribution in [0.2, 0.25) is 5.02 Å². The Morgan fingerprint density at radius 1 is 1.42 bits per heavy atom. The van der Waals surface area contributed by atoms with Crippen molar-refractivity contribution >= 4 is 11.6 Å². The van der Waals surface area contributed by atoms with Crippen molar-refractivity contribution < 1.29 is 5.11 Å². The van der Waals surface area contributed by atoms with Crippen LogP contribution in [0.25, 0.3) is 0 Å². The molecule has 0 aliphatic heterocycles. The zero-order chi connectivity index (χ0) is 9.19. The van der Waals surface area contributed by atoms with Gasteiger partial charge in [0.1, 0.15) is 5.60 Å². The van der Waals surface area contributed by atoms with E-state index in [-0.39, 0.29) is 0 Å². The molecule has 0 aliphatic rings. The highest BCUT2D eigenvalue weighted by atomic mass is 35.5. The molecule has 0 aliphatic carbocycles. The molecule has 2 heteroatoms. The summed E-state index contributed by atoms with van der Waals surface area (Å²) < 4.78 is 0. The number of hydrogen-bond acceptors (Lipinski definition) is 1. The zero-order valence-corrected chi connectivity index (χ0v) is 7.47. The first kappa shape index (κ1) is 9.12. The number of benzene rings is 1. The second-order valence-electron chi connectivity index (χ2n) is 2.72. The van der Waals surface area contributed by atoms with Gasteiger partial charge in [-0.05, 0) is 24.6 Å². The fourth-order valence-electron chi connectivity index (χ4n) is 0.858. The molecule has 0 amide bonds. The van der Waals surface area contributed by atoms with E-state index >= 15 is 0 Å². The highest BCUT2D eigenvalue weighted by Gasteiger charge is 2.18. The predicted molar refractivity (Wildman–Crippen MR) is 49.9 cm³/mol. The molecule has 1 atom stereocenters. The lowest BCUT2D eigenvalue weighted by atomic mass is 9.97. The maximum absolute atomic E-state index is 9.61. The number of aliphatic hydroxyl groups is 1. The molecule has 1 nitrogen and oxygen atoms in total. The van der Waals surface area contributed by atoms with Crippen molar-refractivity contribution in [1.29, 1.82) is 0 Å². The molecule has 62 valence electrons. The van der Waals surface area contributed by atoms with Gasteiger partial charge in [0.15, 0.2) is 0 Å². The van der Waals surface area contributed by atoms with Crippen molar-refractivity contribution in [2.24, 2.45) is 0 Å². The van der Waals surface area contributed by atoms with Crippen molar-refractivity contribution in [2.75, 3.05) is 0 Å². The smallest absolute Gasteiger partial charge is 0.147 e. The molecule has 0 saturated heterocycles. The maximum Gasteiger partial charge on any atom is 0.147 e. The van der Waals surface area contributed by atoms with Gasteiger partial charge in [-0.25, -0.2) is 0 Å². The summed E-state index contributed by atoms with van der Waals surface area (Å²) in [5.74, 6) is 2.29. The van der Waals surface area contributed by atoms with E-state index in [0.29, 0.717) is 10.6 Å². The average molecular weight is 181 g/mol. The third-order valence-electron chi connectivity index (χ3n) is 1.69. The summed E-state index contributed by atoms with van der Waals surface area (Å²) in [5, 5.41) is 10.2. The number of hydrogen-bond donors (Lipinski definition) is 1. The summed E-state index contributed by atoms with van der Waals surface area (Å²) >= 11 is 5.67. The summed E-state index contributed by atoms with van der Waals surface area (Å²) in [5.41, 5.74) is -0.528. The topological polar surface area (TPSA) is 20.2 Å². The van der Waals surface area contributed by atoms with Crippen LogP contribution in [0.1, 0.15) is 12.5 Å². The quantitative estimate of drug-likeness (QED) is 0.657. The Balaban J connectivity index is 3.07. The Bertz CT molecular complexity index is 306. The molecule has 0 spiro atoms. The number of halogens is 1. The maximum atomic E-state index is 9.61. The summed E-state index contributed by atoms with van der Waals surface area (Å²) in [6.07, 6.45) is 5.14. The molecule has 1 aromatic rings. The van der Waals surface area contributed by atoms with Gasteiger partial charge < -0.3 is 5.11 Å². The summed E-state index contributed by atoms with van der Waals surface area (Å²) in [6.45, 7) is 1.57. The minimum absolute atomic E-state index is 0.631. The fourth-order valence-corrected chi connectivity index (χ4v) is 0.984. The molecule has 0 saturated carbocycles. The van der Waals surface area contributed by atoms with Crippen LogP contribution >= 0.6 is 11.6 Å². The molecule has 1 rings (SSSR count).